The van der Waals surface area contributed by atoms with Gasteiger partial charge >= 0.3 is 6.18 Å². The molecule has 0 saturated carbocycles. The van der Waals surface area contributed by atoms with E-state index >= 15 is 0 Å². The van der Waals surface area contributed by atoms with Crippen LogP contribution in [0.1, 0.15) is 45.0 Å². The van der Waals surface area contributed by atoms with Crippen LogP contribution in [0.4, 0.5) is 19.0 Å². The minimum Gasteiger partial charge on any atom is -0.363 e. The number of aromatic nitrogens is 2. The Kier molecular flexibility index (Phi) is 6.34. The summed E-state index contributed by atoms with van der Waals surface area (Å²) in [7, 11) is 0. The number of nitrogens with zero attached hydrogens (tertiary/aromatic N) is 3. The van der Waals surface area contributed by atoms with Gasteiger partial charge < -0.3 is 10.2 Å². The lowest BCUT2D eigenvalue weighted by Crippen LogP contribution is -2.35. The Morgan fingerprint density at radius 1 is 1.00 bits per heavy atom. The summed E-state index contributed by atoms with van der Waals surface area (Å²) >= 11 is 1.40. The average Bonchev–Trinajstić information content (AvgIpc) is 3.53. The molecule has 5 nitrogen and oxygen atoms in total. The number of amides is 1. The summed E-state index contributed by atoms with van der Waals surface area (Å²) in [4.78, 5) is 16.0. The van der Waals surface area contributed by atoms with Crippen LogP contribution in [0.25, 0.3) is 0 Å². The van der Waals surface area contributed by atoms with Gasteiger partial charge in [-0.25, -0.2) is 4.68 Å². The van der Waals surface area contributed by atoms with E-state index in [-0.39, 0.29) is 17.9 Å². The molecule has 1 aliphatic rings. The number of hydrogen-bond acceptors (Lipinski definition) is 4. The molecular formula is C26H23F3N4OS. The maximum atomic E-state index is 14.0. The zero-order valence-electron chi connectivity index (χ0n) is 18.7. The Balaban J connectivity index is 1.47. The van der Waals surface area contributed by atoms with Crippen molar-refractivity contribution in [2.75, 3.05) is 5.32 Å². The van der Waals surface area contributed by atoms with Crippen molar-refractivity contribution in [1.82, 2.24) is 14.7 Å². The fraction of sp³-hybridized carbons (Fsp3) is 0.231. The van der Waals surface area contributed by atoms with Gasteiger partial charge in [-0.2, -0.15) is 18.3 Å². The maximum Gasteiger partial charge on any atom is 0.410 e. The summed E-state index contributed by atoms with van der Waals surface area (Å²) in [5.74, 6) is -0.227. The van der Waals surface area contributed by atoms with Crippen molar-refractivity contribution in [2.24, 2.45) is 0 Å². The molecule has 0 radical (unpaired) electrons. The molecule has 35 heavy (non-hydrogen) atoms. The summed E-state index contributed by atoms with van der Waals surface area (Å²) in [6.07, 6.45) is -4.68. The van der Waals surface area contributed by atoms with Crippen LogP contribution >= 0.6 is 11.3 Å². The first-order chi connectivity index (χ1) is 16.9. The third kappa shape index (κ3) is 5.09. The molecule has 0 unspecified atom stereocenters. The number of nitrogens with one attached hydrogen (secondary N) is 1. The highest BCUT2D eigenvalue weighted by Gasteiger charge is 2.47. The van der Waals surface area contributed by atoms with E-state index in [9.17, 15) is 18.0 Å². The van der Waals surface area contributed by atoms with E-state index in [1.165, 1.54) is 17.4 Å². The van der Waals surface area contributed by atoms with Gasteiger partial charge in [-0.15, -0.1) is 11.3 Å². The third-order valence-electron chi connectivity index (χ3n) is 6.02. The van der Waals surface area contributed by atoms with E-state index in [2.05, 4.69) is 10.4 Å². The smallest absolute Gasteiger partial charge is 0.363 e. The van der Waals surface area contributed by atoms with E-state index in [1.807, 2.05) is 78.2 Å². The molecular weight excluding hydrogens is 473 g/mol. The van der Waals surface area contributed by atoms with Crippen LogP contribution in [0.5, 0.6) is 0 Å². The van der Waals surface area contributed by atoms with Crippen molar-refractivity contribution >= 4 is 23.1 Å². The molecule has 1 amide bonds. The highest BCUT2D eigenvalue weighted by Crippen LogP contribution is 2.44. The molecule has 180 valence electrons. The number of halogens is 3. The van der Waals surface area contributed by atoms with Crippen LogP contribution in [0.2, 0.25) is 0 Å². The zero-order chi connectivity index (χ0) is 24.4. The molecule has 2 aromatic carbocycles. The summed E-state index contributed by atoms with van der Waals surface area (Å²) in [6.45, 7) is 0.620. The van der Waals surface area contributed by atoms with Crippen molar-refractivity contribution < 1.29 is 18.0 Å². The summed E-state index contributed by atoms with van der Waals surface area (Å²) in [6, 6.07) is 21.7. The summed E-state index contributed by atoms with van der Waals surface area (Å²) in [5.41, 5.74) is 1.83. The maximum absolute atomic E-state index is 14.0. The van der Waals surface area contributed by atoms with Crippen molar-refractivity contribution in [1.29, 1.82) is 0 Å². The van der Waals surface area contributed by atoms with Crippen LogP contribution in [0.3, 0.4) is 0 Å². The molecule has 3 heterocycles. The SMILES string of the molecule is O=C(c1cc2n(n1)[C@@H](C(F)(F)F)C[C@@H](c1cccs1)N2)N(Cc1ccccc1)Cc1ccccc1. The Hall–Kier alpha value is -3.59. The number of rotatable bonds is 6. The number of carbonyl (C=O) groups is 1. The molecule has 2 atom stereocenters. The van der Waals surface area contributed by atoms with Gasteiger partial charge in [-0.05, 0) is 22.6 Å². The van der Waals surface area contributed by atoms with Gasteiger partial charge in [-0.3, -0.25) is 4.79 Å². The first-order valence-electron chi connectivity index (χ1n) is 11.2. The number of hydrogen-bond donors (Lipinski definition) is 1. The molecule has 5 rings (SSSR count). The molecule has 1 aliphatic heterocycles. The van der Waals surface area contributed by atoms with Crippen LogP contribution < -0.4 is 5.32 Å². The lowest BCUT2D eigenvalue weighted by Gasteiger charge is -2.32. The van der Waals surface area contributed by atoms with Crippen molar-refractivity contribution in [3.8, 4) is 0 Å². The number of carbonyl (C=O) groups excluding carboxylic acids is 1. The fourth-order valence-electron chi connectivity index (χ4n) is 4.32. The lowest BCUT2D eigenvalue weighted by molar-refractivity contribution is -0.173. The fourth-order valence-corrected chi connectivity index (χ4v) is 5.11. The van der Waals surface area contributed by atoms with Crippen LogP contribution in [0, 0.1) is 0 Å². The van der Waals surface area contributed by atoms with Crippen LogP contribution in [0.15, 0.2) is 84.2 Å². The zero-order valence-corrected chi connectivity index (χ0v) is 19.5. The van der Waals surface area contributed by atoms with Crippen LogP contribution in [-0.4, -0.2) is 26.8 Å². The van der Waals surface area contributed by atoms with E-state index in [0.717, 1.165) is 20.7 Å². The monoisotopic (exact) mass is 496 g/mol. The first kappa shape index (κ1) is 23.2. The van der Waals surface area contributed by atoms with Crippen molar-refractivity contribution in [3.63, 3.8) is 0 Å². The van der Waals surface area contributed by atoms with E-state index in [0.29, 0.717) is 13.1 Å². The first-order valence-corrected chi connectivity index (χ1v) is 12.1. The van der Waals surface area contributed by atoms with Crippen molar-refractivity contribution in [3.05, 3.63) is 106 Å². The van der Waals surface area contributed by atoms with E-state index < -0.39 is 24.2 Å². The third-order valence-corrected chi connectivity index (χ3v) is 7.00. The Labute approximate surface area is 204 Å². The molecule has 2 aromatic heterocycles. The van der Waals surface area contributed by atoms with Crippen LogP contribution in [-0.2, 0) is 13.1 Å². The molecule has 0 spiro atoms. The largest absolute Gasteiger partial charge is 0.410 e. The molecule has 4 aromatic rings. The molecule has 0 fully saturated rings. The van der Waals surface area contributed by atoms with Gasteiger partial charge in [0.2, 0.25) is 0 Å². The highest BCUT2D eigenvalue weighted by atomic mass is 32.1. The molecule has 0 bridgehead atoms. The van der Waals surface area contributed by atoms with Gasteiger partial charge in [0.15, 0.2) is 11.7 Å². The normalized spacial score (nSPS) is 17.5. The Morgan fingerprint density at radius 3 is 2.17 bits per heavy atom. The standard InChI is InChI=1S/C26H23F3N4OS/c27-26(28,29)23-14-20(22-12-7-13-35-22)30-24-15-21(31-33(23)24)25(34)32(16-18-8-3-1-4-9-18)17-19-10-5-2-6-11-19/h1-13,15,20,23,30H,14,16-17H2/t20-,23+/m0/s1. The second-order valence-corrected chi connectivity index (χ2v) is 9.48. The predicted octanol–water partition coefficient (Wildman–Crippen LogP) is 6.45. The number of fused-ring (bicyclic) bond motifs is 1. The van der Waals surface area contributed by atoms with Crippen molar-refractivity contribution in [2.45, 2.75) is 37.8 Å². The number of anilines is 1. The quantitative estimate of drug-likeness (QED) is 0.334. The summed E-state index contributed by atoms with van der Waals surface area (Å²) < 4.78 is 42.9. The molecule has 0 saturated heterocycles. The highest BCUT2D eigenvalue weighted by molar-refractivity contribution is 7.10. The lowest BCUT2D eigenvalue weighted by atomic mass is 10.0. The summed E-state index contributed by atoms with van der Waals surface area (Å²) in [5, 5.41) is 9.16. The van der Waals surface area contributed by atoms with Gasteiger partial charge in [0.05, 0.1) is 6.04 Å². The van der Waals surface area contributed by atoms with Gasteiger partial charge in [0, 0.05) is 30.5 Å². The Morgan fingerprint density at radius 2 is 1.63 bits per heavy atom. The second-order valence-electron chi connectivity index (χ2n) is 8.50. The molecule has 9 heteroatoms. The number of thiophene rings is 1. The van der Waals surface area contributed by atoms with Gasteiger partial charge in [-0.1, -0.05) is 66.7 Å². The van der Waals surface area contributed by atoms with Gasteiger partial charge in [0.1, 0.15) is 5.82 Å². The van der Waals surface area contributed by atoms with Gasteiger partial charge in [0.25, 0.3) is 5.91 Å². The van der Waals surface area contributed by atoms with E-state index in [1.54, 1.807) is 4.90 Å². The predicted molar refractivity (Wildman–Crippen MR) is 129 cm³/mol. The Bertz CT molecular complexity index is 1230. The molecule has 0 aliphatic carbocycles. The minimum absolute atomic E-state index is 0.0135. The number of benzene rings is 2. The second kappa shape index (κ2) is 9.58. The minimum atomic E-state index is -4.49. The number of alkyl halides is 3. The average molecular weight is 497 g/mol. The van der Waals surface area contributed by atoms with E-state index in [4.69, 9.17) is 0 Å². The molecule has 1 N–H and O–H groups in total. The topological polar surface area (TPSA) is 50.2 Å².